The number of carbonyl (C=O) groups excluding carboxylic acids is 1. The summed E-state index contributed by atoms with van der Waals surface area (Å²) >= 11 is 0. The summed E-state index contributed by atoms with van der Waals surface area (Å²) in [5.41, 5.74) is -0.906. The first-order valence-corrected chi connectivity index (χ1v) is 9.54. The fourth-order valence-corrected chi connectivity index (χ4v) is 4.18. The van der Waals surface area contributed by atoms with Gasteiger partial charge in [0.15, 0.2) is 0 Å². The number of hydrogen-bond donors (Lipinski definition) is 0. The molecule has 0 N–H and O–H groups in total. The van der Waals surface area contributed by atoms with Crippen molar-refractivity contribution >= 4 is 15.9 Å². The van der Waals surface area contributed by atoms with E-state index in [9.17, 15) is 26.4 Å². The van der Waals surface area contributed by atoms with Gasteiger partial charge in [0.05, 0.1) is 10.5 Å². The zero-order valence-electron chi connectivity index (χ0n) is 14.5. The third kappa shape index (κ3) is 4.36. The van der Waals surface area contributed by atoms with Gasteiger partial charge in [-0.1, -0.05) is 6.92 Å². The van der Waals surface area contributed by atoms with Crippen molar-refractivity contribution in [3.05, 3.63) is 29.8 Å². The van der Waals surface area contributed by atoms with E-state index in [0.717, 1.165) is 24.3 Å². The predicted octanol–water partition coefficient (Wildman–Crippen LogP) is 1.96. The summed E-state index contributed by atoms with van der Waals surface area (Å²) in [5.74, 6) is -0.193. The SMILES string of the molecule is CCC(OC)C(=O)N1CCN(S(=O)(=O)c2ccc(C(F)(F)F)cc2)CC1. The summed E-state index contributed by atoms with van der Waals surface area (Å²) in [5, 5.41) is 0. The second kappa shape index (κ2) is 7.93. The molecule has 1 heterocycles. The molecule has 0 saturated carbocycles. The highest BCUT2D eigenvalue weighted by Crippen LogP contribution is 2.30. The normalized spacial score (nSPS) is 18.0. The van der Waals surface area contributed by atoms with E-state index in [4.69, 9.17) is 4.74 Å². The van der Waals surface area contributed by atoms with Crippen LogP contribution in [0.5, 0.6) is 0 Å². The van der Waals surface area contributed by atoms with E-state index in [1.54, 1.807) is 0 Å². The molecule has 0 aromatic heterocycles. The molecule has 0 radical (unpaired) electrons. The second-order valence-corrected chi connectivity index (χ2v) is 7.82. The number of halogens is 3. The number of ether oxygens (including phenoxy) is 1. The lowest BCUT2D eigenvalue weighted by Gasteiger charge is -2.35. The van der Waals surface area contributed by atoms with E-state index in [2.05, 4.69) is 0 Å². The maximum Gasteiger partial charge on any atom is 0.416 e. The van der Waals surface area contributed by atoms with Crippen LogP contribution in [0.4, 0.5) is 13.2 Å². The molecule has 0 spiro atoms. The third-order valence-electron chi connectivity index (χ3n) is 4.30. The first kappa shape index (κ1) is 20.7. The number of methoxy groups -OCH3 is 1. The maximum atomic E-state index is 12.6. The largest absolute Gasteiger partial charge is 0.416 e. The molecule has 1 atom stereocenters. The van der Waals surface area contributed by atoms with E-state index in [0.29, 0.717) is 6.42 Å². The number of hydrogen-bond acceptors (Lipinski definition) is 4. The third-order valence-corrected chi connectivity index (χ3v) is 6.21. The minimum absolute atomic E-state index is 0.0786. The van der Waals surface area contributed by atoms with Gasteiger partial charge >= 0.3 is 6.18 Å². The molecule has 1 aliphatic rings. The average Bonchev–Trinajstić information content (AvgIpc) is 2.62. The van der Waals surface area contributed by atoms with Crippen molar-refractivity contribution in [1.29, 1.82) is 0 Å². The van der Waals surface area contributed by atoms with Gasteiger partial charge in [0.25, 0.3) is 5.91 Å². The fraction of sp³-hybridized carbons (Fsp3) is 0.562. The molecule has 1 aromatic carbocycles. The highest BCUT2D eigenvalue weighted by atomic mass is 32.2. The smallest absolute Gasteiger partial charge is 0.372 e. The number of amides is 1. The van der Waals surface area contributed by atoms with E-state index < -0.39 is 27.9 Å². The molecule has 1 unspecified atom stereocenters. The molecule has 0 bridgehead atoms. The summed E-state index contributed by atoms with van der Waals surface area (Å²) < 4.78 is 69.3. The number of benzene rings is 1. The van der Waals surface area contributed by atoms with Crippen molar-refractivity contribution in [1.82, 2.24) is 9.21 Å². The van der Waals surface area contributed by atoms with Crippen LogP contribution in [0.1, 0.15) is 18.9 Å². The van der Waals surface area contributed by atoms with Crippen LogP contribution in [-0.2, 0) is 25.7 Å². The monoisotopic (exact) mass is 394 g/mol. The van der Waals surface area contributed by atoms with Gasteiger partial charge in [-0.05, 0) is 30.7 Å². The van der Waals surface area contributed by atoms with E-state index in [-0.39, 0.29) is 37.0 Å². The lowest BCUT2D eigenvalue weighted by Crippen LogP contribution is -2.53. The summed E-state index contributed by atoms with van der Waals surface area (Å²) in [6, 6.07) is 3.40. The number of nitrogens with zero attached hydrogens (tertiary/aromatic N) is 2. The van der Waals surface area contributed by atoms with Crippen molar-refractivity contribution in [3.63, 3.8) is 0 Å². The zero-order valence-corrected chi connectivity index (χ0v) is 15.3. The van der Waals surface area contributed by atoms with Crippen LogP contribution in [0.25, 0.3) is 0 Å². The molecule has 146 valence electrons. The number of rotatable bonds is 5. The minimum Gasteiger partial charge on any atom is -0.372 e. The fourth-order valence-electron chi connectivity index (χ4n) is 2.76. The Morgan fingerprint density at radius 2 is 1.69 bits per heavy atom. The highest BCUT2D eigenvalue weighted by molar-refractivity contribution is 7.89. The van der Waals surface area contributed by atoms with Crippen LogP contribution in [0.2, 0.25) is 0 Å². The molecular formula is C16H21F3N2O4S. The second-order valence-electron chi connectivity index (χ2n) is 5.88. The summed E-state index contributed by atoms with van der Waals surface area (Å²) in [4.78, 5) is 13.6. The Balaban J connectivity index is 2.07. The number of sulfonamides is 1. The van der Waals surface area contributed by atoms with Crippen molar-refractivity contribution in [3.8, 4) is 0 Å². The average molecular weight is 394 g/mol. The Bertz CT molecular complexity index is 723. The van der Waals surface area contributed by atoms with Gasteiger partial charge in [-0.3, -0.25) is 4.79 Å². The van der Waals surface area contributed by atoms with Crippen LogP contribution in [0.3, 0.4) is 0 Å². The summed E-state index contributed by atoms with van der Waals surface area (Å²) in [7, 11) is -2.47. The summed E-state index contributed by atoms with van der Waals surface area (Å²) in [6.07, 6.45) is -4.57. The molecule has 1 saturated heterocycles. The Morgan fingerprint density at radius 3 is 2.12 bits per heavy atom. The van der Waals surface area contributed by atoms with Gasteiger partial charge in [-0.15, -0.1) is 0 Å². The van der Waals surface area contributed by atoms with Gasteiger partial charge in [0, 0.05) is 33.3 Å². The molecular weight excluding hydrogens is 373 g/mol. The van der Waals surface area contributed by atoms with E-state index in [1.165, 1.54) is 16.3 Å². The number of piperazine rings is 1. The van der Waals surface area contributed by atoms with E-state index in [1.807, 2.05) is 6.92 Å². The molecule has 1 amide bonds. The number of alkyl halides is 3. The topological polar surface area (TPSA) is 66.9 Å². The summed E-state index contributed by atoms with van der Waals surface area (Å²) in [6.45, 7) is 2.39. The van der Waals surface area contributed by atoms with Crippen LogP contribution >= 0.6 is 0 Å². The van der Waals surface area contributed by atoms with Crippen molar-refractivity contribution in [2.75, 3.05) is 33.3 Å². The maximum absolute atomic E-state index is 12.6. The lowest BCUT2D eigenvalue weighted by atomic mass is 10.2. The standard InChI is InChI=1S/C16H21F3N2O4S/c1-3-14(25-2)15(22)20-8-10-21(11-9-20)26(23,24)13-6-4-12(5-7-13)16(17,18)19/h4-7,14H,3,8-11H2,1-2H3. The molecule has 1 aromatic rings. The molecule has 1 aliphatic heterocycles. The first-order valence-electron chi connectivity index (χ1n) is 8.10. The molecule has 10 heteroatoms. The van der Waals surface area contributed by atoms with Crippen LogP contribution in [0.15, 0.2) is 29.2 Å². The van der Waals surface area contributed by atoms with Gasteiger partial charge in [-0.25, -0.2) is 8.42 Å². The Labute approximate surface area is 150 Å². The molecule has 1 fully saturated rings. The van der Waals surface area contributed by atoms with Crippen molar-refractivity contribution in [2.45, 2.75) is 30.5 Å². The van der Waals surface area contributed by atoms with Crippen LogP contribution in [-0.4, -0.2) is 62.9 Å². The van der Waals surface area contributed by atoms with Gasteiger partial charge in [0.1, 0.15) is 6.10 Å². The highest BCUT2D eigenvalue weighted by Gasteiger charge is 2.34. The van der Waals surface area contributed by atoms with E-state index >= 15 is 0 Å². The zero-order chi connectivity index (χ0) is 19.5. The van der Waals surface area contributed by atoms with Gasteiger partial charge in [0.2, 0.25) is 10.0 Å². The molecule has 6 nitrogen and oxygen atoms in total. The predicted molar refractivity (Wildman–Crippen MR) is 87.9 cm³/mol. The molecule has 0 aliphatic carbocycles. The van der Waals surface area contributed by atoms with Crippen molar-refractivity contribution < 1.29 is 31.1 Å². The molecule has 26 heavy (non-hydrogen) atoms. The minimum atomic E-state index is -4.52. The van der Waals surface area contributed by atoms with Crippen LogP contribution in [0, 0.1) is 0 Å². The Morgan fingerprint density at radius 1 is 1.15 bits per heavy atom. The van der Waals surface area contributed by atoms with Gasteiger partial charge in [-0.2, -0.15) is 17.5 Å². The Kier molecular flexibility index (Phi) is 6.30. The van der Waals surface area contributed by atoms with Crippen molar-refractivity contribution in [2.24, 2.45) is 0 Å². The van der Waals surface area contributed by atoms with Crippen LogP contribution < -0.4 is 0 Å². The number of carbonyl (C=O) groups is 1. The molecule has 2 rings (SSSR count). The lowest BCUT2D eigenvalue weighted by molar-refractivity contribution is -0.143. The van der Waals surface area contributed by atoms with Gasteiger partial charge < -0.3 is 9.64 Å². The first-order chi connectivity index (χ1) is 12.1. The quantitative estimate of drug-likeness (QED) is 0.766. The Hall–Kier alpha value is -1.65.